The molecule has 3 amide bonds. The number of anilines is 1. The van der Waals surface area contributed by atoms with Crippen LogP contribution in [0.3, 0.4) is 0 Å². The van der Waals surface area contributed by atoms with Crippen LogP contribution in [0.4, 0.5) is 10.5 Å². The molecule has 1 saturated heterocycles. The van der Waals surface area contributed by atoms with Crippen molar-refractivity contribution in [1.82, 2.24) is 4.90 Å². The van der Waals surface area contributed by atoms with Crippen molar-refractivity contribution < 1.29 is 28.7 Å². The molecule has 0 saturated carbocycles. The summed E-state index contributed by atoms with van der Waals surface area (Å²) in [5.74, 6) is -1.35. The molecule has 2 aromatic carbocycles. The van der Waals surface area contributed by atoms with E-state index < -0.39 is 29.6 Å². The number of furan rings is 1. The van der Waals surface area contributed by atoms with E-state index >= 15 is 0 Å². The van der Waals surface area contributed by atoms with Gasteiger partial charge < -0.3 is 14.8 Å². The molecule has 0 bridgehead atoms. The molecule has 2 N–H and O–H groups in total. The van der Waals surface area contributed by atoms with Gasteiger partial charge in [0.1, 0.15) is 18.1 Å². The average molecular weight is 477 g/mol. The molecule has 0 aliphatic carbocycles. The number of hydrogen-bond donors (Lipinski definition) is 2. The second-order valence-corrected chi connectivity index (χ2v) is 8.66. The van der Waals surface area contributed by atoms with E-state index in [2.05, 4.69) is 5.32 Å². The summed E-state index contributed by atoms with van der Waals surface area (Å²) >= 11 is 0.722. The molecule has 9 heteroatoms. The van der Waals surface area contributed by atoms with Crippen LogP contribution in [0, 0.1) is 13.8 Å². The largest absolute Gasteiger partial charge is 0.478 e. The molecule has 8 nitrogen and oxygen atoms in total. The molecule has 0 radical (unpaired) electrons. The fraction of sp³-hybridized carbons (Fsp3) is 0.120. The van der Waals surface area contributed by atoms with Crippen LogP contribution in [0.2, 0.25) is 0 Å². The number of rotatable bonds is 6. The number of nitrogens with one attached hydrogen (secondary N) is 1. The minimum Gasteiger partial charge on any atom is -0.478 e. The van der Waals surface area contributed by atoms with E-state index in [0.717, 1.165) is 22.2 Å². The van der Waals surface area contributed by atoms with Gasteiger partial charge in [0.2, 0.25) is 5.91 Å². The Labute approximate surface area is 199 Å². The Hall–Kier alpha value is -4.11. The highest BCUT2D eigenvalue weighted by molar-refractivity contribution is 8.18. The lowest BCUT2D eigenvalue weighted by Crippen LogP contribution is -2.36. The zero-order chi connectivity index (χ0) is 24.4. The number of thioether (sulfide) groups is 1. The first kappa shape index (κ1) is 23.1. The van der Waals surface area contributed by atoms with E-state index in [-0.39, 0.29) is 10.5 Å². The topological polar surface area (TPSA) is 117 Å². The van der Waals surface area contributed by atoms with Gasteiger partial charge in [-0.1, -0.05) is 29.8 Å². The molecule has 1 aromatic heterocycles. The number of aromatic carboxylic acids is 1. The minimum absolute atomic E-state index is 0.130. The Kier molecular flexibility index (Phi) is 6.38. The predicted molar refractivity (Wildman–Crippen MR) is 128 cm³/mol. The van der Waals surface area contributed by atoms with Gasteiger partial charge in [-0.2, -0.15) is 0 Å². The first-order chi connectivity index (χ1) is 16.2. The van der Waals surface area contributed by atoms with Crippen LogP contribution in [0.1, 0.15) is 27.2 Å². The molecule has 3 aromatic rings. The molecule has 172 valence electrons. The molecular weight excluding hydrogens is 456 g/mol. The Morgan fingerprint density at radius 1 is 1.06 bits per heavy atom. The van der Waals surface area contributed by atoms with Crippen LogP contribution in [0.25, 0.3) is 17.4 Å². The van der Waals surface area contributed by atoms with E-state index in [1.54, 1.807) is 43.3 Å². The lowest BCUT2D eigenvalue weighted by molar-refractivity contribution is -0.127. The number of aryl methyl sites for hydroxylation is 1. The average Bonchev–Trinajstić information content (AvgIpc) is 3.35. The van der Waals surface area contributed by atoms with E-state index in [1.807, 2.05) is 19.1 Å². The Morgan fingerprint density at radius 2 is 1.79 bits per heavy atom. The summed E-state index contributed by atoms with van der Waals surface area (Å²) in [7, 11) is 0. The Bertz CT molecular complexity index is 1340. The highest BCUT2D eigenvalue weighted by atomic mass is 32.2. The lowest BCUT2D eigenvalue weighted by atomic mass is 10.0. The summed E-state index contributed by atoms with van der Waals surface area (Å²) in [5.41, 5.74) is 2.94. The fourth-order valence-electron chi connectivity index (χ4n) is 3.46. The van der Waals surface area contributed by atoms with Crippen molar-refractivity contribution in [3.63, 3.8) is 0 Å². The third kappa shape index (κ3) is 4.79. The van der Waals surface area contributed by atoms with Gasteiger partial charge in [-0.3, -0.25) is 19.3 Å². The van der Waals surface area contributed by atoms with Gasteiger partial charge in [-0.05, 0) is 61.5 Å². The van der Waals surface area contributed by atoms with Crippen molar-refractivity contribution in [2.75, 3.05) is 11.9 Å². The highest BCUT2D eigenvalue weighted by Gasteiger charge is 2.36. The van der Waals surface area contributed by atoms with Gasteiger partial charge in [-0.15, -0.1) is 0 Å². The predicted octanol–water partition coefficient (Wildman–Crippen LogP) is 4.94. The number of benzene rings is 2. The van der Waals surface area contributed by atoms with Crippen molar-refractivity contribution in [1.29, 1.82) is 0 Å². The van der Waals surface area contributed by atoms with E-state index in [9.17, 15) is 24.3 Å². The first-order valence-electron chi connectivity index (χ1n) is 10.3. The fourth-order valence-corrected chi connectivity index (χ4v) is 4.27. The summed E-state index contributed by atoms with van der Waals surface area (Å²) in [6.07, 6.45) is 1.43. The number of carboxylic acid groups (broad SMARTS) is 1. The van der Waals surface area contributed by atoms with Crippen molar-refractivity contribution in [3.8, 4) is 11.3 Å². The van der Waals surface area contributed by atoms with Gasteiger partial charge in [0.25, 0.3) is 11.1 Å². The summed E-state index contributed by atoms with van der Waals surface area (Å²) in [4.78, 5) is 49.8. The van der Waals surface area contributed by atoms with Gasteiger partial charge in [0.05, 0.1) is 10.5 Å². The standard InChI is InChI=1S/C25H20N2O6S/c1-14-6-8-16(9-7-14)26-22(28)13-27-23(29)21(34-25(27)32)12-17-10-11-20(33-17)18-4-3-5-19(15(18)2)24(30)31/h3-12H,13H2,1-2H3,(H,26,28)(H,30,31)/b21-12+. The molecular formula is C25H20N2O6S. The SMILES string of the molecule is Cc1ccc(NC(=O)CN2C(=O)S/C(=C/c3ccc(-c4cccc(C(=O)O)c4C)o3)C2=O)cc1. The number of nitrogens with zero attached hydrogens (tertiary/aromatic N) is 1. The Balaban J connectivity index is 1.48. The van der Waals surface area contributed by atoms with Crippen LogP contribution in [-0.4, -0.2) is 39.6 Å². The molecule has 0 atom stereocenters. The molecule has 0 unspecified atom stereocenters. The zero-order valence-corrected chi connectivity index (χ0v) is 19.1. The molecule has 34 heavy (non-hydrogen) atoms. The number of carbonyl (C=O) groups is 4. The third-order valence-corrected chi connectivity index (χ3v) is 6.15. The number of imide groups is 1. The second kappa shape index (κ2) is 9.40. The number of amides is 3. The molecule has 4 rings (SSSR count). The Morgan fingerprint density at radius 3 is 2.50 bits per heavy atom. The van der Waals surface area contributed by atoms with Crippen molar-refractivity contribution in [2.45, 2.75) is 13.8 Å². The maximum atomic E-state index is 12.7. The lowest BCUT2D eigenvalue weighted by Gasteiger charge is -2.12. The van der Waals surface area contributed by atoms with Gasteiger partial charge in [0.15, 0.2) is 0 Å². The molecule has 0 spiro atoms. The summed E-state index contributed by atoms with van der Waals surface area (Å²) in [5, 5.41) is 11.4. The van der Waals surface area contributed by atoms with E-state index in [1.165, 1.54) is 12.1 Å². The monoisotopic (exact) mass is 476 g/mol. The summed E-state index contributed by atoms with van der Waals surface area (Å²) in [6.45, 7) is 3.21. The maximum absolute atomic E-state index is 12.7. The quantitative estimate of drug-likeness (QED) is 0.484. The summed E-state index contributed by atoms with van der Waals surface area (Å²) in [6, 6.07) is 15.3. The number of carboxylic acids is 1. The number of hydrogen-bond acceptors (Lipinski definition) is 6. The minimum atomic E-state index is -1.04. The summed E-state index contributed by atoms with van der Waals surface area (Å²) < 4.78 is 5.79. The maximum Gasteiger partial charge on any atom is 0.335 e. The van der Waals surface area contributed by atoms with Crippen LogP contribution in [0.5, 0.6) is 0 Å². The molecule has 1 aliphatic rings. The van der Waals surface area contributed by atoms with Gasteiger partial charge >= 0.3 is 5.97 Å². The smallest absolute Gasteiger partial charge is 0.335 e. The first-order valence-corrected chi connectivity index (χ1v) is 11.1. The third-order valence-electron chi connectivity index (χ3n) is 5.24. The molecule has 2 heterocycles. The van der Waals surface area contributed by atoms with Crippen LogP contribution in [-0.2, 0) is 9.59 Å². The van der Waals surface area contributed by atoms with Crippen molar-refractivity contribution >= 4 is 46.5 Å². The van der Waals surface area contributed by atoms with Crippen LogP contribution < -0.4 is 5.32 Å². The zero-order valence-electron chi connectivity index (χ0n) is 18.3. The normalized spacial score (nSPS) is 14.6. The van der Waals surface area contributed by atoms with Crippen LogP contribution >= 0.6 is 11.8 Å². The van der Waals surface area contributed by atoms with Crippen molar-refractivity contribution in [2.24, 2.45) is 0 Å². The number of carbonyl (C=O) groups excluding carboxylic acids is 3. The molecule has 1 aliphatic heterocycles. The second-order valence-electron chi connectivity index (χ2n) is 7.67. The van der Waals surface area contributed by atoms with E-state index in [4.69, 9.17) is 4.42 Å². The van der Waals surface area contributed by atoms with E-state index in [0.29, 0.717) is 28.3 Å². The van der Waals surface area contributed by atoms with Crippen LogP contribution in [0.15, 0.2) is 63.9 Å². The molecule has 1 fully saturated rings. The van der Waals surface area contributed by atoms with Crippen molar-refractivity contribution in [3.05, 3.63) is 82.0 Å². The van der Waals surface area contributed by atoms with Gasteiger partial charge in [-0.25, -0.2) is 4.79 Å². The van der Waals surface area contributed by atoms with Gasteiger partial charge in [0, 0.05) is 17.3 Å². The highest BCUT2D eigenvalue weighted by Crippen LogP contribution is 2.34.